The van der Waals surface area contributed by atoms with Crippen LogP contribution in [0.5, 0.6) is 0 Å². The van der Waals surface area contributed by atoms with Gasteiger partial charge in [-0.05, 0) is 13.8 Å². The molecule has 0 saturated carbocycles. The molecule has 60 valence electrons. The summed E-state index contributed by atoms with van der Waals surface area (Å²) in [6, 6.07) is -0.917. The average Bonchev–Trinajstić information content (AvgIpc) is 1.87. The fourth-order valence-corrected chi connectivity index (χ4v) is 0.567. The molecule has 0 aromatic carbocycles. The molecule has 0 saturated heterocycles. The molecule has 0 aliphatic heterocycles. The van der Waals surface area contributed by atoms with Gasteiger partial charge in [0.15, 0.2) is 0 Å². The number of carboxylic acids is 1. The van der Waals surface area contributed by atoms with Gasteiger partial charge >= 0.3 is 5.97 Å². The van der Waals surface area contributed by atoms with E-state index < -0.39 is 18.1 Å². The first-order valence-electron chi connectivity index (χ1n) is 3.19. The van der Waals surface area contributed by atoms with Crippen LogP contribution in [-0.2, 0) is 9.53 Å². The van der Waals surface area contributed by atoms with Crippen LogP contribution in [0.15, 0.2) is 0 Å². The van der Waals surface area contributed by atoms with Crippen molar-refractivity contribution in [1.29, 1.82) is 0 Å². The molecular formula is C6H13NO3. The van der Waals surface area contributed by atoms with E-state index in [1.54, 1.807) is 13.8 Å². The van der Waals surface area contributed by atoms with Crippen LogP contribution in [0, 0.1) is 0 Å². The van der Waals surface area contributed by atoms with E-state index in [-0.39, 0.29) is 0 Å². The van der Waals surface area contributed by atoms with Gasteiger partial charge < -0.3 is 15.6 Å². The summed E-state index contributed by atoms with van der Waals surface area (Å²) in [5.74, 6) is -1.03. The first kappa shape index (κ1) is 9.39. The summed E-state index contributed by atoms with van der Waals surface area (Å²) >= 11 is 0. The van der Waals surface area contributed by atoms with E-state index in [9.17, 15) is 4.79 Å². The molecule has 0 amide bonds. The van der Waals surface area contributed by atoms with Gasteiger partial charge in [0.1, 0.15) is 6.04 Å². The van der Waals surface area contributed by atoms with Crippen LogP contribution in [0.25, 0.3) is 0 Å². The van der Waals surface area contributed by atoms with Crippen LogP contribution < -0.4 is 5.73 Å². The van der Waals surface area contributed by atoms with E-state index in [2.05, 4.69) is 0 Å². The van der Waals surface area contributed by atoms with Crippen LogP contribution in [0.3, 0.4) is 0 Å². The van der Waals surface area contributed by atoms with Gasteiger partial charge in [0.2, 0.25) is 0 Å². The molecule has 3 N–H and O–H groups in total. The zero-order chi connectivity index (χ0) is 8.15. The summed E-state index contributed by atoms with van der Waals surface area (Å²) in [6.45, 7) is 3.93. The maximum atomic E-state index is 10.2. The van der Waals surface area contributed by atoms with E-state index in [4.69, 9.17) is 15.6 Å². The molecule has 0 unspecified atom stereocenters. The summed E-state index contributed by atoms with van der Waals surface area (Å²) in [4.78, 5) is 10.2. The number of ether oxygens (including phenoxy) is 1. The van der Waals surface area contributed by atoms with Gasteiger partial charge in [0, 0.05) is 6.61 Å². The van der Waals surface area contributed by atoms with E-state index in [1.165, 1.54) is 0 Å². The molecule has 0 aliphatic rings. The molecule has 0 fully saturated rings. The number of aliphatic carboxylic acids is 1. The van der Waals surface area contributed by atoms with Crippen molar-refractivity contribution in [1.82, 2.24) is 0 Å². The number of hydrogen-bond donors (Lipinski definition) is 2. The van der Waals surface area contributed by atoms with Crippen LogP contribution in [0.4, 0.5) is 0 Å². The Morgan fingerprint density at radius 1 is 1.80 bits per heavy atom. The predicted molar refractivity (Wildman–Crippen MR) is 36.7 cm³/mol. The highest BCUT2D eigenvalue weighted by molar-refractivity contribution is 5.73. The molecule has 10 heavy (non-hydrogen) atoms. The molecule has 0 aromatic rings. The van der Waals surface area contributed by atoms with Crippen LogP contribution >= 0.6 is 0 Å². The largest absolute Gasteiger partial charge is 0.480 e. The van der Waals surface area contributed by atoms with Gasteiger partial charge in [-0.2, -0.15) is 0 Å². The zero-order valence-corrected chi connectivity index (χ0v) is 6.20. The maximum absolute atomic E-state index is 10.2. The minimum Gasteiger partial charge on any atom is -0.480 e. The van der Waals surface area contributed by atoms with Crippen LogP contribution in [-0.4, -0.2) is 29.8 Å². The molecule has 0 heterocycles. The molecule has 0 rings (SSSR count). The second-order valence-electron chi connectivity index (χ2n) is 2.02. The fraction of sp³-hybridized carbons (Fsp3) is 0.833. The summed E-state index contributed by atoms with van der Waals surface area (Å²) in [7, 11) is 0. The molecular weight excluding hydrogens is 134 g/mol. The lowest BCUT2D eigenvalue weighted by Crippen LogP contribution is -2.41. The van der Waals surface area contributed by atoms with E-state index >= 15 is 0 Å². The molecule has 2 atom stereocenters. The van der Waals surface area contributed by atoms with Crippen molar-refractivity contribution in [2.24, 2.45) is 5.73 Å². The van der Waals surface area contributed by atoms with Gasteiger partial charge in [0.25, 0.3) is 0 Å². The lowest BCUT2D eigenvalue weighted by molar-refractivity contribution is -0.141. The van der Waals surface area contributed by atoms with E-state index in [1.807, 2.05) is 0 Å². The quantitative estimate of drug-likeness (QED) is 0.578. The Morgan fingerprint density at radius 2 is 2.30 bits per heavy atom. The molecule has 0 aromatic heterocycles. The van der Waals surface area contributed by atoms with Gasteiger partial charge in [-0.1, -0.05) is 0 Å². The lowest BCUT2D eigenvalue weighted by Gasteiger charge is -2.14. The molecule has 0 aliphatic carbocycles. The number of rotatable bonds is 4. The monoisotopic (exact) mass is 147 g/mol. The van der Waals surface area contributed by atoms with Crippen molar-refractivity contribution in [2.45, 2.75) is 26.0 Å². The van der Waals surface area contributed by atoms with Gasteiger partial charge in [-0.3, -0.25) is 4.79 Å². The van der Waals surface area contributed by atoms with Gasteiger partial charge in [-0.15, -0.1) is 0 Å². The first-order valence-corrected chi connectivity index (χ1v) is 3.19. The summed E-state index contributed by atoms with van der Waals surface area (Å²) < 4.78 is 4.96. The normalized spacial score (nSPS) is 16.3. The number of carboxylic acid groups (broad SMARTS) is 1. The summed E-state index contributed by atoms with van der Waals surface area (Å²) in [5, 5.41) is 8.37. The van der Waals surface area contributed by atoms with E-state index in [0.29, 0.717) is 6.61 Å². The predicted octanol–water partition coefficient (Wildman–Crippen LogP) is -0.177. The topological polar surface area (TPSA) is 72.5 Å². The maximum Gasteiger partial charge on any atom is 0.323 e. The Labute approximate surface area is 60.0 Å². The zero-order valence-electron chi connectivity index (χ0n) is 6.20. The minimum absolute atomic E-state index is 0.414. The van der Waals surface area contributed by atoms with Gasteiger partial charge in [-0.25, -0.2) is 0 Å². The highest BCUT2D eigenvalue weighted by Gasteiger charge is 2.19. The second kappa shape index (κ2) is 4.24. The first-order chi connectivity index (χ1) is 4.59. The smallest absolute Gasteiger partial charge is 0.323 e. The van der Waals surface area contributed by atoms with Crippen molar-refractivity contribution < 1.29 is 14.6 Å². The lowest BCUT2D eigenvalue weighted by atomic mass is 10.2. The molecule has 0 radical (unpaired) electrons. The van der Waals surface area contributed by atoms with Crippen molar-refractivity contribution >= 4 is 5.97 Å². The highest BCUT2D eigenvalue weighted by Crippen LogP contribution is 1.95. The molecule has 0 bridgehead atoms. The Kier molecular flexibility index (Phi) is 3.99. The molecule has 0 spiro atoms. The fourth-order valence-electron chi connectivity index (χ4n) is 0.567. The third-order valence-corrected chi connectivity index (χ3v) is 1.22. The Bertz CT molecular complexity index is 116. The van der Waals surface area contributed by atoms with E-state index in [0.717, 1.165) is 0 Å². The molecule has 4 nitrogen and oxygen atoms in total. The summed E-state index contributed by atoms with van der Waals surface area (Å²) in [5.41, 5.74) is 5.22. The Hall–Kier alpha value is -0.610. The standard InChI is InChI=1S/C6H13NO3/c1-3-10-4(2)5(7)6(8)9/h4-5H,3,7H2,1-2H3,(H,8,9)/t4-,5-/m1/s1. The number of nitrogens with two attached hydrogens (primary N) is 1. The number of carbonyl (C=O) groups is 1. The third kappa shape index (κ3) is 2.80. The average molecular weight is 147 g/mol. The summed E-state index contributed by atoms with van der Waals surface area (Å²) in [6.07, 6.45) is -0.414. The van der Waals surface area contributed by atoms with Crippen molar-refractivity contribution in [3.05, 3.63) is 0 Å². The number of hydrogen-bond acceptors (Lipinski definition) is 3. The van der Waals surface area contributed by atoms with Crippen molar-refractivity contribution in [2.75, 3.05) is 6.61 Å². The Balaban J connectivity index is 3.69. The highest BCUT2D eigenvalue weighted by atomic mass is 16.5. The minimum atomic E-state index is -1.03. The van der Waals surface area contributed by atoms with Gasteiger partial charge in [0.05, 0.1) is 6.10 Å². The second-order valence-corrected chi connectivity index (χ2v) is 2.02. The molecule has 4 heteroatoms. The van der Waals surface area contributed by atoms with Crippen molar-refractivity contribution in [3.63, 3.8) is 0 Å². The van der Waals surface area contributed by atoms with Crippen LogP contribution in [0.1, 0.15) is 13.8 Å². The van der Waals surface area contributed by atoms with Crippen molar-refractivity contribution in [3.8, 4) is 0 Å². The Morgan fingerprint density at radius 3 is 2.60 bits per heavy atom. The third-order valence-electron chi connectivity index (χ3n) is 1.22. The SMILES string of the molecule is CCO[C@H](C)[C@@H](N)C(=O)O. The van der Waals surface area contributed by atoms with Crippen LogP contribution in [0.2, 0.25) is 0 Å².